The third-order valence-corrected chi connectivity index (χ3v) is 3.27. The number of benzene rings is 2. The first-order valence-corrected chi connectivity index (χ1v) is 7.92. The van der Waals surface area contributed by atoms with Gasteiger partial charge in [0.05, 0.1) is 18.1 Å². The minimum Gasteiger partial charge on any atom is -0.410 e. The summed E-state index contributed by atoms with van der Waals surface area (Å²) in [6.07, 6.45) is -0.463. The van der Waals surface area contributed by atoms with Crippen molar-refractivity contribution in [1.82, 2.24) is 0 Å². The first kappa shape index (κ1) is 17.9. The van der Waals surface area contributed by atoms with Crippen LogP contribution in [0.1, 0.15) is 6.92 Å². The van der Waals surface area contributed by atoms with Crippen LogP contribution in [0.15, 0.2) is 54.6 Å². The van der Waals surface area contributed by atoms with Crippen LogP contribution in [0.25, 0.3) is 0 Å². The van der Waals surface area contributed by atoms with Gasteiger partial charge in [0, 0.05) is 24.6 Å². The summed E-state index contributed by atoms with van der Waals surface area (Å²) in [4.78, 5) is 14.7. The number of amides is 1. The number of thiocarbonyl (C=S) groups is 1. The fourth-order valence-corrected chi connectivity index (χ4v) is 2.23. The second-order valence-corrected chi connectivity index (χ2v) is 5.67. The molecule has 2 aromatic carbocycles. The van der Waals surface area contributed by atoms with Gasteiger partial charge in [0.15, 0.2) is 0 Å². The molecule has 0 radical (unpaired) electrons. The topological polar surface area (TPSA) is 50.8 Å². The monoisotopic (exact) mass is 344 g/mol. The van der Waals surface area contributed by atoms with Crippen LogP contribution in [0, 0.1) is 0 Å². The molecule has 2 rings (SSSR count). The summed E-state index contributed by atoms with van der Waals surface area (Å²) in [5.41, 5.74) is 1.53. The number of methoxy groups -OCH3 is 1. The zero-order valence-electron chi connectivity index (χ0n) is 13.7. The molecule has 2 aromatic rings. The van der Waals surface area contributed by atoms with Gasteiger partial charge in [-0.2, -0.15) is 0 Å². The number of rotatable bonds is 6. The van der Waals surface area contributed by atoms with Crippen LogP contribution in [0.2, 0.25) is 0 Å². The number of nitrogens with one attached hydrogen (secondary N) is 1. The zero-order valence-corrected chi connectivity index (χ0v) is 14.5. The van der Waals surface area contributed by atoms with Gasteiger partial charge >= 0.3 is 6.09 Å². The van der Waals surface area contributed by atoms with E-state index in [1.54, 1.807) is 32.2 Å². The molecule has 0 saturated heterocycles. The molecule has 1 N–H and O–H groups in total. The fourth-order valence-electron chi connectivity index (χ4n) is 2.11. The quantitative estimate of drug-likeness (QED) is 0.800. The lowest BCUT2D eigenvalue weighted by atomic mass is 10.3. The van der Waals surface area contributed by atoms with Crippen molar-refractivity contribution in [2.45, 2.75) is 6.92 Å². The Hall–Kier alpha value is -2.44. The summed E-state index contributed by atoms with van der Waals surface area (Å²) in [5.74, 6) is 0.444. The maximum absolute atomic E-state index is 12.6. The Morgan fingerprint density at radius 3 is 2.58 bits per heavy atom. The van der Waals surface area contributed by atoms with Gasteiger partial charge in [0.1, 0.15) is 5.75 Å². The number of nitrogens with zero attached hydrogens (tertiary/aromatic N) is 1. The summed E-state index contributed by atoms with van der Waals surface area (Å²) >= 11 is 5.02. The molecule has 0 atom stereocenters. The first-order valence-electron chi connectivity index (χ1n) is 7.51. The Kier molecular flexibility index (Phi) is 6.72. The van der Waals surface area contributed by atoms with E-state index in [1.165, 1.54) is 4.90 Å². The number of hydrogen-bond acceptors (Lipinski definition) is 4. The number of carbonyl (C=O) groups excluding carboxylic acids is 1. The number of hydrogen-bond donors (Lipinski definition) is 1. The van der Waals surface area contributed by atoms with Gasteiger partial charge in [-0.3, -0.25) is 4.90 Å². The van der Waals surface area contributed by atoms with Gasteiger partial charge < -0.3 is 14.8 Å². The molecule has 1 amide bonds. The van der Waals surface area contributed by atoms with Gasteiger partial charge in [0.2, 0.25) is 0 Å². The van der Waals surface area contributed by atoms with E-state index < -0.39 is 6.09 Å². The fraction of sp³-hybridized carbons (Fsp3) is 0.222. The Labute approximate surface area is 147 Å². The molecule has 0 heterocycles. The van der Waals surface area contributed by atoms with E-state index in [1.807, 2.05) is 36.4 Å². The van der Waals surface area contributed by atoms with Crippen molar-refractivity contribution in [3.05, 3.63) is 54.6 Å². The molecule has 0 aliphatic carbocycles. The SMILES string of the molecule is COCCN(C(=O)Oc1cccc(NC(C)=S)c1)c1ccccc1. The molecule has 0 unspecified atom stereocenters. The van der Waals surface area contributed by atoms with E-state index in [2.05, 4.69) is 5.32 Å². The number of para-hydroxylation sites is 1. The van der Waals surface area contributed by atoms with Crippen LogP contribution >= 0.6 is 12.2 Å². The maximum atomic E-state index is 12.6. The van der Waals surface area contributed by atoms with Crippen molar-refractivity contribution in [2.75, 3.05) is 30.5 Å². The molecule has 6 heteroatoms. The number of carbonyl (C=O) groups is 1. The zero-order chi connectivity index (χ0) is 17.4. The second kappa shape index (κ2) is 9.00. The normalized spacial score (nSPS) is 10.1. The minimum atomic E-state index is -0.463. The lowest BCUT2D eigenvalue weighted by Gasteiger charge is -2.22. The molecule has 0 aliphatic heterocycles. The maximum Gasteiger partial charge on any atom is 0.419 e. The average Bonchev–Trinajstić information content (AvgIpc) is 2.56. The highest BCUT2D eigenvalue weighted by molar-refractivity contribution is 7.80. The third kappa shape index (κ3) is 5.33. The highest BCUT2D eigenvalue weighted by atomic mass is 32.1. The van der Waals surface area contributed by atoms with Crippen molar-refractivity contribution in [2.24, 2.45) is 0 Å². The molecule has 0 spiro atoms. The predicted octanol–water partition coefficient (Wildman–Crippen LogP) is 4.10. The summed E-state index contributed by atoms with van der Waals surface area (Å²) in [6.45, 7) is 2.60. The third-order valence-electron chi connectivity index (χ3n) is 3.17. The van der Waals surface area contributed by atoms with Crippen LogP contribution in [0.3, 0.4) is 0 Å². The van der Waals surface area contributed by atoms with Gasteiger partial charge in [-0.1, -0.05) is 36.5 Å². The van der Waals surface area contributed by atoms with E-state index in [0.29, 0.717) is 23.9 Å². The van der Waals surface area contributed by atoms with Gasteiger partial charge in [0.25, 0.3) is 0 Å². The smallest absolute Gasteiger partial charge is 0.410 e. The Balaban J connectivity index is 2.14. The van der Waals surface area contributed by atoms with Crippen molar-refractivity contribution in [1.29, 1.82) is 0 Å². The minimum absolute atomic E-state index is 0.399. The van der Waals surface area contributed by atoms with Crippen LogP contribution in [0.4, 0.5) is 16.2 Å². The molecule has 5 nitrogen and oxygen atoms in total. The molecular weight excluding hydrogens is 324 g/mol. The lowest BCUT2D eigenvalue weighted by Crippen LogP contribution is -2.36. The Bertz CT molecular complexity index is 692. The summed E-state index contributed by atoms with van der Waals surface area (Å²) < 4.78 is 10.6. The van der Waals surface area contributed by atoms with Gasteiger partial charge in [-0.15, -0.1) is 0 Å². The van der Waals surface area contributed by atoms with Crippen LogP contribution in [0.5, 0.6) is 5.75 Å². The molecule has 0 aromatic heterocycles. The van der Waals surface area contributed by atoms with E-state index in [4.69, 9.17) is 21.7 Å². The van der Waals surface area contributed by atoms with E-state index in [9.17, 15) is 4.79 Å². The van der Waals surface area contributed by atoms with Crippen molar-refractivity contribution in [3.8, 4) is 5.75 Å². The van der Waals surface area contributed by atoms with Crippen molar-refractivity contribution >= 4 is 34.7 Å². The van der Waals surface area contributed by atoms with Gasteiger partial charge in [-0.05, 0) is 31.2 Å². The summed E-state index contributed by atoms with van der Waals surface area (Å²) in [7, 11) is 1.59. The molecular formula is C18H20N2O3S. The van der Waals surface area contributed by atoms with E-state index in [0.717, 1.165) is 11.4 Å². The van der Waals surface area contributed by atoms with Crippen molar-refractivity contribution < 1.29 is 14.3 Å². The summed E-state index contributed by atoms with van der Waals surface area (Å²) in [6, 6.07) is 16.4. The van der Waals surface area contributed by atoms with E-state index >= 15 is 0 Å². The Morgan fingerprint density at radius 1 is 1.17 bits per heavy atom. The van der Waals surface area contributed by atoms with Gasteiger partial charge in [-0.25, -0.2) is 4.79 Å². The number of anilines is 2. The predicted molar refractivity (Wildman–Crippen MR) is 100 cm³/mol. The van der Waals surface area contributed by atoms with E-state index in [-0.39, 0.29) is 0 Å². The molecule has 0 bridgehead atoms. The lowest BCUT2D eigenvalue weighted by molar-refractivity contribution is 0.190. The van der Waals surface area contributed by atoms with Crippen molar-refractivity contribution in [3.63, 3.8) is 0 Å². The molecule has 0 aliphatic rings. The molecule has 24 heavy (non-hydrogen) atoms. The molecule has 0 saturated carbocycles. The van der Waals surface area contributed by atoms with Crippen LogP contribution in [-0.2, 0) is 4.74 Å². The second-order valence-electron chi connectivity index (χ2n) is 5.06. The van der Waals surface area contributed by atoms with Crippen LogP contribution < -0.4 is 15.0 Å². The highest BCUT2D eigenvalue weighted by Gasteiger charge is 2.17. The largest absolute Gasteiger partial charge is 0.419 e. The molecule has 0 fully saturated rings. The Morgan fingerprint density at radius 2 is 1.92 bits per heavy atom. The highest BCUT2D eigenvalue weighted by Crippen LogP contribution is 2.20. The number of ether oxygens (including phenoxy) is 2. The first-order chi connectivity index (χ1) is 11.6. The standard InChI is InChI=1S/C18H20N2O3S/c1-14(24)19-15-7-6-10-17(13-15)23-18(21)20(11-12-22-2)16-8-4-3-5-9-16/h3-10,13H,11-12H2,1-2H3,(H,19,24). The summed E-state index contributed by atoms with van der Waals surface area (Å²) in [5, 5.41) is 3.02. The molecule has 126 valence electrons. The van der Waals surface area contributed by atoms with Crippen LogP contribution in [-0.4, -0.2) is 31.3 Å². The average molecular weight is 344 g/mol.